The molecular weight excluding hydrogens is 178 g/mol. The highest BCUT2D eigenvalue weighted by Gasteiger charge is 2.43. The summed E-state index contributed by atoms with van der Waals surface area (Å²) >= 11 is 0. The molecule has 2 rings (SSSR count). The minimum absolute atomic E-state index is 0.109. The minimum Gasteiger partial charge on any atom is -0.376 e. The quantitative estimate of drug-likeness (QED) is 0.779. The molecule has 0 aromatic carbocycles. The van der Waals surface area contributed by atoms with Crippen molar-refractivity contribution in [2.75, 3.05) is 7.11 Å². The van der Waals surface area contributed by atoms with Crippen LogP contribution in [0.3, 0.4) is 0 Å². The molecule has 4 heteroatoms. The predicted molar refractivity (Wildman–Crippen MR) is 52.6 cm³/mol. The van der Waals surface area contributed by atoms with E-state index < -0.39 is 0 Å². The third kappa shape index (κ3) is 1.40. The van der Waals surface area contributed by atoms with Gasteiger partial charge < -0.3 is 10.5 Å². The summed E-state index contributed by atoms with van der Waals surface area (Å²) in [5.74, 6) is 0. The normalized spacial score (nSPS) is 21.3. The first-order valence-corrected chi connectivity index (χ1v) is 4.84. The van der Waals surface area contributed by atoms with Gasteiger partial charge in [0.15, 0.2) is 0 Å². The number of nitrogens with zero attached hydrogens (tertiary/aromatic N) is 2. The van der Waals surface area contributed by atoms with Crippen LogP contribution in [0.4, 0.5) is 0 Å². The fourth-order valence-electron chi connectivity index (χ4n) is 1.94. The Morgan fingerprint density at radius 2 is 2.07 bits per heavy atom. The van der Waals surface area contributed by atoms with Crippen molar-refractivity contribution in [2.45, 2.75) is 30.9 Å². The number of hydrogen-bond acceptors (Lipinski definition) is 4. The van der Waals surface area contributed by atoms with E-state index >= 15 is 0 Å². The molecule has 1 atom stereocenters. The highest BCUT2D eigenvalue weighted by Crippen LogP contribution is 2.43. The lowest BCUT2D eigenvalue weighted by molar-refractivity contribution is -0.0912. The molecule has 0 radical (unpaired) electrons. The van der Waals surface area contributed by atoms with Crippen LogP contribution in [-0.4, -0.2) is 22.7 Å². The summed E-state index contributed by atoms with van der Waals surface area (Å²) in [6.07, 6.45) is 8.28. The molecule has 0 spiro atoms. The molecular formula is C10H15N3O. The first kappa shape index (κ1) is 9.55. The van der Waals surface area contributed by atoms with Gasteiger partial charge in [0.05, 0.1) is 11.6 Å². The van der Waals surface area contributed by atoms with E-state index in [1.54, 1.807) is 19.5 Å². The van der Waals surface area contributed by atoms with Gasteiger partial charge in [0.2, 0.25) is 0 Å². The van der Waals surface area contributed by atoms with E-state index in [0.717, 1.165) is 18.4 Å². The average Bonchev–Trinajstić information content (AvgIpc) is 2.18. The lowest BCUT2D eigenvalue weighted by Crippen LogP contribution is -2.48. The van der Waals surface area contributed by atoms with Crippen molar-refractivity contribution in [1.29, 1.82) is 0 Å². The molecule has 14 heavy (non-hydrogen) atoms. The zero-order valence-corrected chi connectivity index (χ0v) is 8.31. The van der Waals surface area contributed by atoms with E-state index in [-0.39, 0.29) is 11.6 Å². The van der Waals surface area contributed by atoms with Crippen LogP contribution in [0.2, 0.25) is 0 Å². The Hall–Kier alpha value is -1.00. The third-order valence-electron chi connectivity index (χ3n) is 3.11. The third-order valence-corrected chi connectivity index (χ3v) is 3.11. The van der Waals surface area contributed by atoms with Gasteiger partial charge in [0.25, 0.3) is 0 Å². The summed E-state index contributed by atoms with van der Waals surface area (Å²) in [7, 11) is 1.73. The van der Waals surface area contributed by atoms with Crippen LogP contribution in [-0.2, 0) is 4.74 Å². The second kappa shape index (κ2) is 3.63. The molecule has 1 fully saturated rings. The van der Waals surface area contributed by atoms with Gasteiger partial charge >= 0.3 is 0 Å². The highest BCUT2D eigenvalue weighted by atomic mass is 16.5. The van der Waals surface area contributed by atoms with Gasteiger partial charge in [0, 0.05) is 25.1 Å². The summed E-state index contributed by atoms with van der Waals surface area (Å²) in [5.41, 5.74) is 6.92. The fraction of sp³-hybridized carbons (Fsp3) is 0.600. The zero-order chi connectivity index (χ0) is 10.0. The summed E-state index contributed by atoms with van der Waals surface area (Å²) in [6.45, 7) is 0. The van der Waals surface area contributed by atoms with Crippen molar-refractivity contribution >= 4 is 0 Å². The SMILES string of the molecule is COC1(C(N)c2cncnc2)CCC1. The van der Waals surface area contributed by atoms with Gasteiger partial charge in [-0.15, -0.1) is 0 Å². The molecule has 2 N–H and O–H groups in total. The van der Waals surface area contributed by atoms with Gasteiger partial charge in [-0.25, -0.2) is 9.97 Å². The van der Waals surface area contributed by atoms with E-state index in [2.05, 4.69) is 9.97 Å². The van der Waals surface area contributed by atoms with Gasteiger partial charge in [-0.2, -0.15) is 0 Å². The molecule has 1 aromatic rings. The average molecular weight is 193 g/mol. The Morgan fingerprint density at radius 3 is 2.50 bits per heavy atom. The van der Waals surface area contributed by atoms with E-state index in [0.29, 0.717) is 0 Å². The van der Waals surface area contributed by atoms with E-state index in [4.69, 9.17) is 10.5 Å². The number of hydrogen-bond donors (Lipinski definition) is 1. The molecule has 1 unspecified atom stereocenters. The van der Waals surface area contributed by atoms with Crippen LogP contribution in [0.5, 0.6) is 0 Å². The number of rotatable bonds is 3. The number of ether oxygens (including phenoxy) is 1. The molecule has 76 valence electrons. The monoisotopic (exact) mass is 193 g/mol. The molecule has 1 aliphatic carbocycles. The van der Waals surface area contributed by atoms with Crippen LogP contribution in [0.15, 0.2) is 18.7 Å². The number of aromatic nitrogens is 2. The largest absolute Gasteiger partial charge is 0.376 e. The summed E-state index contributed by atoms with van der Waals surface area (Å²) in [5, 5.41) is 0. The van der Waals surface area contributed by atoms with Crippen molar-refractivity contribution in [3.05, 3.63) is 24.3 Å². The summed E-state index contributed by atoms with van der Waals surface area (Å²) in [6, 6.07) is -0.109. The molecule has 0 aliphatic heterocycles. The second-order valence-electron chi connectivity index (χ2n) is 3.77. The van der Waals surface area contributed by atoms with Crippen LogP contribution in [0.25, 0.3) is 0 Å². The molecule has 1 saturated carbocycles. The maximum absolute atomic E-state index is 6.14. The maximum Gasteiger partial charge on any atom is 0.115 e. The van der Waals surface area contributed by atoms with Crippen molar-refractivity contribution in [2.24, 2.45) is 5.73 Å². The van der Waals surface area contributed by atoms with Gasteiger partial charge in [-0.05, 0) is 19.3 Å². The van der Waals surface area contributed by atoms with Crippen molar-refractivity contribution in [3.63, 3.8) is 0 Å². The first-order valence-electron chi connectivity index (χ1n) is 4.84. The van der Waals surface area contributed by atoms with Crippen LogP contribution in [0, 0.1) is 0 Å². The molecule has 4 nitrogen and oxygen atoms in total. The Bertz CT molecular complexity index is 292. The molecule has 1 aromatic heterocycles. The Morgan fingerprint density at radius 1 is 1.43 bits per heavy atom. The molecule has 0 saturated heterocycles. The summed E-state index contributed by atoms with van der Waals surface area (Å²) < 4.78 is 5.51. The standard InChI is InChI=1S/C10H15N3O/c1-14-10(3-2-4-10)9(11)8-5-12-7-13-6-8/h5-7,9H,2-4,11H2,1H3. The number of nitrogens with two attached hydrogens (primary N) is 1. The number of methoxy groups -OCH3 is 1. The zero-order valence-electron chi connectivity index (χ0n) is 8.31. The topological polar surface area (TPSA) is 61.0 Å². The van der Waals surface area contributed by atoms with Crippen LogP contribution < -0.4 is 5.73 Å². The first-order chi connectivity index (χ1) is 6.78. The minimum atomic E-state index is -0.176. The lowest BCUT2D eigenvalue weighted by atomic mass is 9.73. The molecule has 0 bridgehead atoms. The van der Waals surface area contributed by atoms with Gasteiger partial charge in [-0.3, -0.25) is 0 Å². The molecule has 0 amide bonds. The van der Waals surface area contributed by atoms with Gasteiger partial charge in [0.1, 0.15) is 6.33 Å². The van der Waals surface area contributed by atoms with Gasteiger partial charge in [-0.1, -0.05) is 0 Å². The Labute approximate surface area is 83.5 Å². The molecule has 1 aliphatic rings. The second-order valence-corrected chi connectivity index (χ2v) is 3.77. The fourth-order valence-corrected chi connectivity index (χ4v) is 1.94. The van der Waals surface area contributed by atoms with Crippen molar-refractivity contribution in [1.82, 2.24) is 9.97 Å². The lowest BCUT2D eigenvalue weighted by Gasteiger charge is -2.44. The Kier molecular flexibility index (Phi) is 2.48. The Balaban J connectivity index is 2.19. The predicted octanol–water partition coefficient (Wildman–Crippen LogP) is 1.05. The van der Waals surface area contributed by atoms with E-state index in [1.165, 1.54) is 12.7 Å². The molecule has 1 heterocycles. The van der Waals surface area contributed by atoms with Crippen molar-refractivity contribution < 1.29 is 4.74 Å². The van der Waals surface area contributed by atoms with Crippen LogP contribution >= 0.6 is 0 Å². The van der Waals surface area contributed by atoms with Crippen LogP contribution in [0.1, 0.15) is 30.9 Å². The van der Waals surface area contributed by atoms with E-state index in [1.807, 2.05) is 0 Å². The summed E-state index contributed by atoms with van der Waals surface area (Å²) in [4.78, 5) is 7.93. The smallest absolute Gasteiger partial charge is 0.115 e. The van der Waals surface area contributed by atoms with Crippen molar-refractivity contribution in [3.8, 4) is 0 Å². The highest BCUT2D eigenvalue weighted by molar-refractivity contribution is 5.16. The van der Waals surface area contributed by atoms with E-state index in [9.17, 15) is 0 Å². The maximum atomic E-state index is 6.14.